The summed E-state index contributed by atoms with van der Waals surface area (Å²) in [5.74, 6) is 0. The molecular weight excluding hydrogens is 256 g/mol. The van der Waals surface area contributed by atoms with Crippen LogP contribution in [0.25, 0.3) is 0 Å². The molecule has 1 heterocycles. The van der Waals surface area contributed by atoms with Gasteiger partial charge >= 0.3 is 0 Å². The van der Waals surface area contributed by atoms with Gasteiger partial charge in [0.05, 0.1) is 0 Å². The minimum atomic E-state index is 0.394. The molecular formula is C19H30N2. The molecule has 0 amide bonds. The first-order valence-electron chi connectivity index (χ1n) is 8.87. The molecule has 1 atom stereocenters. The highest BCUT2D eigenvalue weighted by Crippen LogP contribution is 2.36. The van der Waals surface area contributed by atoms with Crippen molar-refractivity contribution in [2.24, 2.45) is 0 Å². The van der Waals surface area contributed by atoms with Crippen LogP contribution in [0.3, 0.4) is 0 Å². The van der Waals surface area contributed by atoms with E-state index in [9.17, 15) is 0 Å². The number of nitrogens with one attached hydrogen (secondary N) is 1. The van der Waals surface area contributed by atoms with E-state index in [1.807, 2.05) is 0 Å². The Hall–Kier alpha value is -1.02. The van der Waals surface area contributed by atoms with Crippen LogP contribution in [0.2, 0.25) is 0 Å². The summed E-state index contributed by atoms with van der Waals surface area (Å²) < 4.78 is 0. The van der Waals surface area contributed by atoms with Crippen molar-refractivity contribution in [2.75, 3.05) is 18.0 Å². The van der Waals surface area contributed by atoms with Gasteiger partial charge in [0.15, 0.2) is 0 Å². The lowest BCUT2D eigenvalue weighted by Crippen LogP contribution is -2.63. The Labute approximate surface area is 129 Å². The van der Waals surface area contributed by atoms with E-state index in [1.54, 1.807) is 0 Å². The molecule has 1 unspecified atom stereocenters. The zero-order valence-corrected chi connectivity index (χ0v) is 13.7. The minimum Gasteiger partial charge on any atom is -0.365 e. The summed E-state index contributed by atoms with van der Waals surface area (Å²) in [4.78, 5) is 2.73. The second-order valence-electron chi connectivity index (χ2n) is 6.94. The molecule has 1 aromatic rings. The topological polar surface area (TPSA) is 15.3 Å². The van der Waals surface area contributed by atoms with Crippen LogP contribution in [-0.4, -0.2) is 24.7 Å². The lowest BCUT2D eigenvalue weighted by molar-refractivity contribution is 0.267. The highest BCUT2D eigenvalue weighted by Gasteiger charge is 2.40. The van der Waals surface area contributed by atoms with E-state index in [4.69, 9.17) is 0 Å². The van der Waals surface area contributed by atoms with Crippen LogP contribution in [0.1, 0.15) is 57.9 Å². The SMILES string of the molecule is CCCc1ccccc1N1CC2(CCCC2)NCC1CC. The summed E-state index contributed by atoms with van der Waals surface area (Å²) >= 11 is 0. The van der Waals surface area contributed by atoms with Crippen LogP contribution in [0.4, 0.5) is 5.69 Å². The number of hydrogen-bond donors (Lipinski definition) is 1. The van der Waals surface area contributed by atoms with E-state index < -0.39 is 0 Å². The first kappa shape index (κ1) is 14.9. The minimum absolute atomic E-state index is 0.394. The standard InChI is InChI=1S/C19H30N2/c1-3-9-16-10-5-6-11-18(16)21-15-19(12-7-8-13-19)20-14-17(21)4-2/h5-6,10-11,17,20H,3-4,7-9,12-15H2,1-2H3. The van der Waals surface area contributed by atoms with Gasteiger partial charge in [-0.3, -0.25) is 0 Å². The van der Waals surface area contributed by atoms with E-state index >= 15 is 0 Å². The monoisotopic (exact) mass is 286 g/mol. The van der Waals surface area contributed by atoms with Crippen LogP contribution < -0.4 is 10.2 Å². The van der Waals surface area contributed by atoms with Crippen LogP contribution in [0.5, 0.6) is 0 Å². The molecule has 1 aromatic carbocycles. The predicted octanol–water partition coefficient (Wildman–Crippen LogP) is 4.14. The van der Waals surface area contributed by atoms with Gasteiger partial charge in [-0.05, 0) is 37.3 Å². The van der Waals surface area contributed by atoms with Gasteiger partial charge in [0.1, 0.15) is 0 Å². The molecule has 2 fully saturated rings. The Balaban J connectivity index is 1.89. The molecule has 0 radical (unpaired) electrons. The van der Waals surface area contributed by atoms with Crippen molar-refractivity contribution in [2.45, 2.75) is 70.4 Å². The Kier molecular flexibility index (Phi) is 4.54. The van der Waals surface area contributed by atoms with Gasteiger partial charge in [-0.25, -0.2) is 0 Å². The average Bonchev–Trinajstić information content (AvgIpc) is 2.96. The van der Waals surface area contributed by atoms with Gasteiger partial charge in [0, 0.05) is 30.4 Å². The third-order valence-electron chi connectivity index (χ3n) is 5.48. The fraction of sp³-hybridized carbons (Fsp3) is 0.684. The fourth-order valence-electron chi connectivity index (χ4n) is 4.26. The molecule has 3 rings (SSSR count). The summed E-state index contributed by atoms with van der Waals surface area (Å²) in [6.07, 6.45) is 9.16. The van der Waals surface area contributed by atoms with Crippen molar-refractivity contribution in [1.29, 1.82) is 0 Å². The molecule has 0 bridgehead atoms. The first-order chi connectivity index (χ1) is 10.3. The average molecular weight is 286 g/mol. The third-order valence-corrected chi connectivity index (χ3v) is 5.48. The Morgan fingerprint density at radius 2 is 1.95 bits per heavy atom. The van der Waals surface area contributed by atoms with Crippen molar-refractivity contribution in [3.05, 3.63) is 29.8 Å². The van der Waals surface area contributed by atoms with Gasteiger partial charge in [-0.1, -0.05) is 51.3 Å². The molecule has 1 aliphatic carbocycles. The number of rotatable bonds is 4. The van der Waals surface area contributed by atoms with Crippen molar-refractivity contribution in [1.82, 2.24) is 5.32 Å². The van der Waals surface area contributed by atoms with Gasteiger partial charge in [-0.2, -0.15) is 0 Å². The molecule has 116 valence electrons. The largest absolute Gasteiger partial charge is 0.365 e. The summed E-state index contributed by atoms with van der Waals surface area (Å²) in [5.41, 5.74) is 3.43. The number of piperazine rings is 1. The van der Waals surface area contributed by atoms with Crippen molar-refractivity contribution in [3.8, 4) is 0 Å². The number of hydrogen-bond acceptors (Lipinski definition) is 2. The maximum Gasteiger partial charge on any atom is 0.0413 e. The molecule has 0 aromatic heterocycles. The van der Waals surface area contributed by atoms with Gasteiger partial charge in [-0.15, -0.1) is 0 Å². The second-order valence-corrected chi connectivity index (χ2v) is 6.94. The number of anilines is 1. The Morgan fingerprint density at radius 3 is 2.67 bits per heavy atom. The number of para-hydroxylation sites is 1. The number of aryl methyl sites for hydroxylation is 1. The molecule has 21 heavy (non-hydrogen) atoms. The van der Waals surface area contributed by atoms with E-state index in [2.05, 4.69) is 48.3 Å². The molecule has 2 nitrogen and oxygen atoms in total. The maximum absolute atomic E-state index is 3.91. The predicted molar refractivity (Wildman–Crippen MR) is 91.1 cm³/mol. The lowest BCUT2D eigenvalue weighted by atomic mass is 9.90. The second kappa shape index (κ2) is 6.39. The molecule has 1 spiro atoms. The fourth-order valence-corrected chi connectivity index (χ4v) is 4.26. The van der Waals surface area contributed by atoms with Crippen LogP contribution in [0.15, 0.2) is 24.3 Å². The van der Waals surface area contributed by atoms with Gasteiger partial charge in [0.2, 0.25) is 0 Å². The first-order valence-corrected chi connectivity index (χ1v) is 8.87. The summed E-state index contributed by atoms with van der Waals surface area (Å²) in [7, 11) is 0. The van der Waals surface area contributed by atoms with Crippen LogP contribution in [0, 0.1) is 0 Å². The summed E-state index contributed by atoms with van der Waals surface area (Å²) in [6, 6.07) is 9.73. The normalized spacial score (nSPS) is 24.7. The van der Waals surface area contributed by atoms with Crippen molar-refractivity contribution in [3.63, 3.8) is 0 Å². The molecule has 1 saturated heterocycles. The number of benzene rings is 1. The molecule has 1 saturated carbocycles. The highest BCUT2D eigenvalue weighted by atomic mass is 15.3. The van der Waals surface area contributed by atoms with Crippen LogP contribution in [-0.2, 0) is 6.42 Å². The van der Waals surface area contributed by atoms with E-state index in [0.717, 1.165) is 6.54 Å². The van der Waals surface area contributed by atoms with Crippen molar-refractivity contribution >= 4 is 5.69 Å². The van der Waals surface area contributed by atoms with Crippen LogP contribution >= 0.6 is 0 Å². The summed E-state index contributed by atoms with van der Waals surface area (Å²) in [6.45, 7) is 6.96. The molecule has 2 aliphatic rings. The molecule has 1 aliphatic heterocycles. The van der Waals surface area contributed by atoms with E-state index in [0.29, 0.717) is 11.6 Å². The Morgan fingerprint density at radius 1 is 1.19 bits per heavy atom. The lowest BCUT2D eigenvalue weighted by Gasteiger charge is -2.48. The maximum atomic E-state index is 3.91. The molecule has 2 heteroatoms. The Bertz CT molecular complexity index is 462. The van der Waals surface area contributed by atoms with Gasteiger partial charge in [0.25, 0.3) is 0 Å². The van der Waals surface area contributed by atoms with Gasteiger partial charge < -0.3 is 10.2 Å². The third kappa shape index (κ3) is 2.96. The summed E-state index contributed by atoms with van der Waals surface area (Å²) in [5, 5.41) is 3.91. The smallest absolute Gasteiger partial charge is 0.0413 e. The van der Waals surface area contributed by atoms with E-state index in [-0.39, 0.29) is 0 Å². The van der Waals surface area contributed by atoms with E-state index in [1.165, 1.54) is 62.7 Å². The highest BCUT2D eigenvalue weighted by molar-refractivity contribution is 5.55. The zero-order chi connectivity index (χ0) is 14.7. The number of nitrogens with zero attached hydrogens (tertiary/aromatic N) is 1. The van der Waals surface area contributed by atoms with Crippen molar-refractivity contribution < 1.29 is 0 Å². The molecule has 1 N–H and O–H groups in total. The zero-order valence-electron chi connectivity index (χ0n) is 13.7. The quantitative estimate of drug-likeness (QED) is 0.895.